The van der Waals surface area contributed by atoms with Gasteiger partial charge in [-0.2, -0.15) is 5.10 Å². The van der Waals surface area contributed by atoms with E-state index >= 15 is 0 Å². The Morgan fingerprint density at radius 2 is 2.00 bits per heavy atom. The zero-order valence-corrected chi connectivity index (χ0v) is 8.14. The maximum absolute atomic E-state index is 12.5. The molecule has 3 N–H and O–H groups in total. The third kappa shape index (κ3) is 3.10. The fraction of sp³-hybridized carbons (Fsp3) is 0. The van der Waals surface area contributed by atoms with Crippen molar-refractivity contribution in [3.8, 4) is 0 Å². The Labute approximate surface area is 86.8 Å². The van der Waals surface area contributed by atoms with Gasteiger partial charge in [-0.05, 0) is 36.8 Å². The summed E-state index contributed by atoms with van der Waals surface area (Å²) < 4.78 is 12.5. The van der Waals surface area contributed by atoms with Gasteiger partial charge in [0, 0.05) is 0 Å². The second-order valence-corrected chi connectivity index (χ2v) is 2.98. The van der Waals surface area contributed by atoms with Crippen LogP contribution in [0, 0.1) is 12.7 Å². The summed E-state index contributed by atoms with van der Waals surface area (Å²) in [7, 11) is 0. The largest absolute Gasteiger partial charge is 0.375 e. The van der Waals surface area contributed by atoms with Crippen molar-refractivity contribution >= 4 is 23.0 Å². The average molecular weight is 210 g/mol. The van der Waals surface area contributed by atoms with Crippen molar-refractivity contribution in [3.63, 3.8) is 0 Å². The topological polar surface area (TPSA) is 50.4 Å². The normalized spacial score (nSPS) is 11.1. The van der Waals surface area contributed by atoms with Crippen LogP contribution in [-0.2, 0) is 0 Å². The first kappa shape index (κ1) is 10.6. The maximum atomic E-state index is 12.5. The van der Waals surface area contributed by atoms with Gasteiger partial charge >= 0.3 is 0 Å². The van der Waals surface area contributed by atoms with Crippen LogP contribution < -0.4 is 11.2 Å². The van der Waals surface area contributed by atoms with Crippen LogP contribution in [-0.4, -0.2) is 10.8 Å². The molecular formula is C9H9FN3S. The molecule has 0 aliphatic rings. The van der Waals surface area contributed by atoms with Gasteiger partial charge in [0.25, 0.3) is 0 Å². The highest BCUT2D eigenvalue weighted by Crippen LogP contribution is 2.03. The summed E-state index contributed by atoms with van der Waals surface area (Å²) in [5, 5.41) is 3.85. The molecule has 1 aromatic rings. The quantitative estimate of drug-likeness (QED) is 0.438. The van der Waals surface area contributed by atoms with Gasteiger partial charge in [-0.3, -0.25) is 5.43 Å². The minimum absolute atomic E-state index is 0.0632. The van der Waals surface area contributed by atoms with E-state index in [1.807, 2.05) is 0 Å². The molecule has 0 heterocycles. The predicted octanol–water partition coefficient (Wildman–Crippen LogP) is 1.20. The lowest BCUT2D eigenvalue weighted by Crippen LogP contribution is -2.25. The monoisotopic (exact) mass is 210 g/mol. The van der Waals surface area contributed by atoms with E-state index in [0.29, 0.717) is 11.3 Å². The number of hydrazone groups is 1. The second-order valence-electron chi connectivity index (χ2n) is 2.54. The lowest BCUT2D eigenvalue weighted by atomic mass is 10.1. The fourth-order valence-electron chi connectivity index (χ4n) is 0.829. The number of hydrogen-bond donors (Lipinski definition) is 2. The van der Waals surface area contributed by atoms with Gasteiger partial charge in [0.1, 0.15) is 5.82 Å². The van der Waals surface area contributed by atoms with E-state index in [1.54, 1.807) is 12.1 Å². The highest BCUT2D eigenvalue weighted by atomic mass is 32.1. The highest BCUT2D eigenvalue weighted by Gasteiger charge is 1.97. The molecule has 0 atom stereocenters. The molecule has 3 nitrogen and oxygen atoms in total. The molecule has 0 saturated carbocycles. The third-order valence-corrected chi connectivity index (χ3v) is 1.57. The van der Waals surface area contributed by atoms with Gasteiger partial charge in [-0.25, -0.2) is 4.39 Å². The van der Waals surface area contributed by atoms with Gasteiger partial charge in [-0.1, -0.05) is 12.1 Å². The summed E-state index contributed by atoms with van der Waals surface area (Å²) in [5.41, 5.74) is 8.71. The molecule has 0 unspecified atom stereocenters. The number of nitrogens with two attached hydrogens (primary N) is 1. The number of thiocarbonyl (C=S) groups is 1. The van der Waals surface area contributed by atoms with Crippen LogP contribution in [0.15, 0.2) is 29.4 Å². The summed E-state index contributed by atoms with van der Waals surface area (Å²) >= 11 is 4.56. The molecular weight excluding hydrogens is 201 g/mol. The van der Waals surface area contributed by atoms with E-state index in [-0.39, 0.29) is 10.9 Å². The third-order valence-electron chi connectivity index (χ3n) is 1.48. The molecule has 14 heavy (non-hydrogen) atoms. The number of hydrogen-bond acceptors (Lipinski definition) is 2. The molecule has 1 radical (unpaired) electrons. The fourth-order valence-corrected chi connectivity index (χ4v) is 0.875. The summed E-state index contributed by atoms with van der Waals surface area (Å²) in [6.07, 6.45) is 0. The molecule has 1 aromatic carbocycles. The predicted molar refractivity (Wildman–Crippen MR) is 58.2 cm³/mol. The van der Waals surface area contributed by atoms with E-state index in [0.717, 1.165) is 0 Å². The summed E-state index contributed by atoms with van der Waals surface area (Å²) in [5.74, 6) is -0.302. The first-order valence-corrected chi connectivity index (χ1v) is 4.21. The summed E-state index contributed by atoms with van der Waals surface area (Å²) in [6.45, 7) is 3.66. The van der Waals surface area contributed by atoms with Crippen LogP contribution in [0.2, 0.25) is 0 Å². The molecule has 0 spiro atoms. The van der Waals surface area contributed by atoms with Gasteiger partial charge in [0.15, 0.2) is 5.11 Å². The van der Waals surface area contributed by atoms with Gasteiger partial charge in [-0.15, -0.1) is 0 Å². The summed E-state index contributed by atoms with van der Waals surface area (Å²) in [4.78, 5) is 0. The van der Waals surface area contributed by atoms with Crippen LogP contribution in [0.1, 0.15) is 5.56 Å². The molecule has 0 fully saturated rings. The van der Waals surface area contributed by atoms with Crippen LogP contribution in [0.4, 0.5) is 4.39 Å². The lowest BCUT2D eigenvalue weighted by Gasteiger charge is -2.01. The van der Waals surface area contributed by atoms with E-state index in [9.17, 15) is 4.39 Å². The molecule has 0 aliphatic heterocycles. The SMILES string of the molecule is [CH2]C(=NNC(N)=S)c1ccc(F)cc1. The zero-order valence-electron chi connectivity index (χ0n) is 7.33. The van der Waals surface area contributed by atoms with Gasteiger partial charge in [0.2, 0.25) is 0 Å². The van der Waals surface area contributed by atoms with Crippen LogP contribution >= 0.6 is 12.2 Å². The molecule has 1 rings (SSSR count). The molecule has 0 bridgehead atoms. The number of nitrogens with one attached hydrogen (secondary N) is 1. The van der Waals surface area contributed by atoms with E-state index in [1.165, 1.54) is 12.1 Å². The van der Waals surface area contributed by atoms with Crippen molar-refractivity contribution in [1.82, 2.24) is 5.43 Å². The Balaban J connectivity index is 2.78. The van der Waals surface area contributed by atoms with E-state index < -0.39 is 0 Å². The standard InChI is InChI=1S/C9H9FN3S/c1-6(12-13-9(11)14)7-2-4-8(10)5-3-7/h2-5H,1H2,(H3,11,13,14). The zero-order chi connectivity index (χ0) is 10.6. The van der Waals surface area contributed by atoms with Crippen molar-refractivity contribution in [2.24, 2.45) is 10.8 Å². The first-order chi connectivity index (χ1) is 6.59. The second kappa shape index (κ2) is 4.66. The van der Waals surface area contributed by atoms with Crippen LogP contribution in [0.25, 0.3) is 0 Å². The van der Waals surface area contributed by atoms with Crippen molar-refractivity contribution < 1.29 is 4.39 Å². The molecule has 73 valence electrons. The smallest absolute Gasteiger partial charge is 0.184 e. The van der Waals surface area contributed by atoms with Crippen molar-refractivity contribution in [2.45, 2.75) is 0 Å². The minimum atomic E-state index is -0.302. The summed E-state index contributed by atoms with van der Waals surface area (Å²) in [6, 6.07) is 5.80. The lowest BCUT2D eigenvalue weighted by molar-refractivity contribution is 0.628. The molecule has 0 amide bonds. The van der Waals surface area contributed by atoms with Crippen LogP contribution in [0.3, 0.4) is 0 Å². The average Bonchev–Trinajstić information content (AvgIpc) is 2.15. The molecule has 0 aromatic heterocycles. The molecule has 0 saturated heterocycles. The Hall–Kier alpha value is -1.49. The van der Waals surface area contributed by atoms with Crippen molar-refractivity contribution in [1.29, 1.82) is 0 Å². The number of benzene rings is 1. The minimum Gasteiger partial charge on any atom is -0.375 e. The Bertz CT molecular complexity index is 359. The number of rotatable bonds is 2. The Morgan fingerprint density at radius 1 is 1.43 bits per heavy atom. The van der Waals surface area contributed by atoms with Crippen LogP contribution in [0.5, 0.6) is 0 Å². The van der Waals surface area contributed by atoms with Gasteiger partial charge < -0.3 is 5.73 Å². The highest BCUT2D eigenvalue weighted by molar-refractivity contribution is 7.80. The Kier molecular flexibility index (Phi) is 3.53. The van der Waals surface area contributed by atoms with Crippen molar-refractivity contribution in [2.75, 3.05) is 0 Å². The Morgan fingerprint density at radius 3 is 2.50 bits per heavy atom. The molecule has 5 heteroatoms. The number of nitrogens with zero attached hydrogens (tertiary/aromatic N) is 1. The first-order valence-electron chi connectivity index (χ1n) is 3.80. The number of halogens is 1. The molecule has 0 aliphatic carbocycles. The van der Waals surface area contributed by atoms with Gasteiger partial charge in [0.05, 0.1) is 5.71 Å². The van der Waals surface area contributed by atoms with Crippen molar-refractivity contribution in [3.05, 3.63) is 42.6 Å². The van der Waals surface area contributed by atoms with E-state index in [2.05, 4.69) is 29.7 Å². The maximum Gasteiger partial charge on any atom is 0.184 e. The van der Waals surface area contributed by atoms with E-state index in [4.69, 9.17) is 5.73 Å².